The van der Waals surface area contributed by atoms with E-state index in [1.165, 1.54) is 14.2 Å². The molecular formula is C41H46N2O12S4. The number of ether oxygens (including phenoxy) is 2. The Morgan fingerprint density at radius 3 is 1.24 bits per heavy atom. The van der Waals surface area contributed by atoms with Crippen LogP contribution < -0.4 is 20.1 Å². The van der Waals surface area contributed by atoms with E-state index in [9.17, 15) is 42.8 Å². The Morgan fingerprint density at radius 2 is 0.898 bits per heavy atom. The van der Waals surface area contributed by atoms with Crippen molar-refractivity contribution in [3.05, 3.63) is 117 Å². The van der Waals surface area contributed by atoms with Gasteiger partial charge in [0.25, 0.3) is 20.2 Å². The van der Waals surface area contributed by atoms with E-state index >= 15 is 0 Å². The lowest BCUT2D eigenvalue weighted by molar-refractivity contribution is 0.402. The van der Waals surface area contributed by atoms with Gasteiger partial charge in [0.1, 0.15) is 11.5 Å². The molecule has 316 valence electrons. The second kappa shape index (κ2) is 16.2. The molecule has 0 fully saturated rings. The molecule has 14 nitrogen and oxygen atoms in total. The van der Waals surface area contributed by atoms with Crippen LogP contribution in [0.15, 0.2) is 86.3 Å². The summed E-state index contributed by atoms with van der Waals surface area (Å²) in [5.74, 6) is -0.751. The number of benzene rings is 5. The molecule has 0 aliphatic rings. The zero-order chi connectivity index (χ0) is 44.2. The highest BCUT2D eigenvalue weighted by Gasteiger charge is 2.32. The van der Waals surface area contributed by atoms with Crippen molar-refractivity contribution in [3.8, 4) is 11.5 Å². The highest BCUT2D eigenvalue weighted by molar-refractivity contribution is 7.91. The van der Waals surface area contributed by atoms with Crippen LogP contribution in [0.25, 0.3) is 0 Å². The number of aryl methyl sites for hydroxylation is 4. The maximum absolute atomic E-state index is 13.0. The van der Waals surface area contributed by atoms with Gasteiger partial charge in [-0.2, -0.15) is 16.8 Å². The fraction of sp³-hybridized carbons (Fsp3) is 0.268. The van der Waals surface area contributed by atoms with Crippen LogP contribution in [0.2, 0.25) is 0 Å². The molecule has 5 aromatic carbocycles. The first-order valence-corrected chi connectivity index (χ1v) is 24.5. The van der Waals surface area contributed by atoms with Gasteiger partial charge >= 0.3 is 0 Å². The smallest absolute Gasteiger partial charge is 0.294 e. The number of nitrogens with one attached hydrogen (secondary N) is 2. The van der Waals surface area contributed by atoms with Crippen LogP contribution in [0, 0.1) is 41.5 Å². The van der Waals surface area contributed by atoms with Gasteiger partial charge in [-0.15, -0.1) is 0 Å². The van der Waals surface area contributed by atoms with Crippen molar-refractivity contribution in [2.45, 2.75) is 67.0 Å². The molecule has 0 bridgehead atoms. The number of hydrogen-bond donors (Lipinski definition) is 4. The lowest BCUT2D eigenvalue weighted by atomic mass is 9.83. The SMILES string of the molecule is COc1cc(Nc2c(C)cc(C)c(S(C)(=O)=O)c2C)ccc1C(c1ccc(Nc2c(C)cc(C)c(S(C)(=O)=O)c2C)cc1OC)c1ccc(S(=O)(=O)O)cc1S(=O)(=O)O. The Labute approximate surface area is 346 Å². The van der Waals surface area contributed by atoms with Crippen molar-refractivity contribution in [2.24, 2.45) is 0 Å². The molecule has 0 aliphatic heterocycles. The summed E-state index contributed by atoms with van der Waals surface area (Å²) in [5.41, 5.74) is 6.33. The summed E-state index contributed by atoms with van der Waals surface area (Å²) < 4.78 is 133. The molecule has 0 aliphatic carbocycles. The maximum Gasteiger partial charge on any atom is 0.294 e. The van der Waals surface area contributed by atoms with Crippen LogP contribution in [0.4, 0.5) is 22.7 Å². The van der Waals surface area contributed by atoms with Crippen LogP contribution in [0.3, 0.4) is 0 Å². The van der Waals surface area contributed by atoms with Gasteiger partial charge in [-0.25, -0.2) is 16.8 Å². The van der Waals surface area contributed by atoms with Gasteiger partial charge in [0.15, 0.2) is 19.7 Å². The van der Waals surface area contributed by atoms with Crippen molar-refractivity contribution in [1.29, 1.82) is 0 Å². The van der Waals surface area contributed by atoms with Crippen LogP contribution >= 0.6 is 0 Å². The van der Waals surface area contributed by atoms with E-state index in [4.69, 9.17) is 9.47 Å². The number of hydrogen-bond acceptors (Lipinski definition) is 12. The van der Waals surface area contributed by atoms with Gasteiger partial charge in [0, 0.05) is 64.4 Å². The first-order chi connectivity index (χ1) is 27.2. The fourth-order valence-corrected chi connectivity index (χ4v) is 11.8. The first kappa shape index (κ1) is 45.1. The molecule has 59 heavy (non-hydrogen) atoms. The van der Waals surface area contributed by atoms with E-state index in [0.717, 1.165) is 35.8 Å². The summed E-state index contributed by atoms with van der Waals surface area (Å²) in [4.78, 5) is -1.22. The summed E-state index contributed by atoms with van der Waals surface area (Å²) in [6, 6.07) is 16.2. The minimum absolute atomic E-state index is 0.107. The Balaban J connectivity index is 1.76. The second-order valence-electron chi connectivity index (χ2n) is 14.5. The van der Waals surface area contributed by atoms with Gasteiger partial charge in [0.2, 0.25) is 0 Å². The first-order valence-electron chi connectivity index (χ1n) is 17.8. The van der Waals surface area contributed by atoms with E-state index in [1.54, 1.807) is 76.2 Å². The average molecular weight is 887 g/mol. The maximum atomic E-state index is 13.0. The minimum atomic E-state index is -5.15. The summed E-state index contributed by atoms with van der Waals surface area (Å²) in [7, 11) is -14.5. The van der Waals surface area contributed by atoms with Crippen molar-refractivity contribution < 1.29 is 52.3 Å². The topological polar surface area (TPSA) is 220 Å². The van der Waals surface area contributed by atoms with Crippen molar-refractivity contribution in [1.82, 2.24) is 0 Å². The van der Waals surface area contributed by atoms with Gasteiger partial charge < -0.3 is 20.1 Å². The predicted octanol–water partition coefficient (Wildman–Crippen LogP) is 7.52. The Kier molecular flexibility index (Phi) is 12.4. The third-order valence-electron chi connectivity index (χ3n) is 10.0. The third-order valence-corrected chi connectivity index (χ3v) is 14.5. The van der Waals surface area contributed by atoms with Gasteiger partial charge in [0.05, 0.1) is 33.8 Å². The molecule has 0 saturated heterocycles. The molecule has 0 radical (unpaired) electrons. The average Bonchev–Trinajstić information content (AvgIpc) is 3.10. The molecule has 0 atom stereocenters. The van der Waals surface area contributed by atoms with Crippen molar-refractivity contribution in [2.75, 3.05) is 37.4 Å². The molecular weight excluding hydrogens is 841 g/mol. The Hall–Kier alpha value is -4.98. The van der Waals surface area contributed by atoms with E-state index < -0.39 is 55.6 Å². The highest BCUT2D eigenvalue weighted by Crippen LogP contribution is 2.46. The van der Waals surface area contributed by atoms with E-state index in [2.05, 4.69) is 10.6 Å². The standard InChI is InChI=1S/C41H46N2O12S4/c1-22-17-24(3)40(56(9,44)45)26(5)38(22)42-28-11-14-31(34(19-28)54-7)37(33-16-13-30(58(48,49)50)21-36(33)59(51,52)53)32-15-12-29(20-35(32)55-8)43-39-23(2)18-25(4)41(27(39)6)57(10,46)47/h11-21,37,42-43H,1-10H3,(H,48,49,50)(H,51,52,53). The monoisotopic (exact) mass is 886 g/mol. The van der Waals surface area contributed by atoms with Crippen molar-refractivity contribution >= 4 is 62.7 Å². The van der Waals surface area contributed by atoms with E-state index in [1.807, 2.05) is 13.8 Å². The number of anilines is 4. The fourth-order valence-electron chi connectivity index (χ4n) is 7.84. The van der Waals surface area contributed by atoms with Crippen molar-refractivity contribution in [3.63, 3.8) is 0 Å². The largest absolute Gasteiger partial charge is 0.496 e. The molecule has 0 saturated carbocycles. The summed E-state index contributed by atoms with van der Waals surface area (Å²) in [5, 5.41) is 6.59. The zero-order valence-electron chi connectivity index (χ0n) is 34.0. The van der Waals surface area contributed by atoms with Crippen LogP contribution in [0.1, 0.15) is 56.0 Å². The molecule has 0 unspecified atom stereocenters. The Bertz CT molecular complexity index is 2830. The number of sulfone groups is 2. The van der Waals surface area contributed by atoms with Crippen LogP contribution in [-0.2, 0) is 39.9 Å². The highest BCUT2D eigenvalue weighted by atomic mass is 32.2. The van der Waals surface area contributed by atoms with E-state index in [-0.39, 0.29) is 26.9 Å². The molecule has 4 N–H and O–H groups in total. The normalized spacial score (nSPS) is 12.4. The second-order valence-corrected chi connectivity index (χ2v) is 21.2. The summed E-state index contributed by atoms with van der Waals surface area (Å²) in [6.45, 7) is 10.5. The number of methoxy groups -OCH3 is 2. The lowest BCUT2D eigenvalue weighted by Crippen LogP contribution is -2.14. The van der Waals surface area contributed by atoms with Gasteiger partial charge in [-0.1, -0.05) is 30.3 Å². The van der Waals surface area contributed by atoms with Crippen LogP contribution in [-0.4, -0.2) is 69.5 Å². The Morgan fingerprint density at radius 1 is 0.508 bits per heavy atom. The molecule has 18 heteroatoms. The minimum Gasteiger partial charge on any atom is -0.496 e. The zero-order valence-corrected chi connectivity index (χ0v) is 37.3. The van der Waals surface area contributed by atoms with Gasteiger partial charge in [-0.05, 0) is 105 Å². The molecule has 0 heterocycles. The van der Waals surface area contributed by atoms with Crippen LogP contribution in [0.5, 0.6) is 11.5 Å². The molecule has 0 amide bonds. The molecule has 5 rings (SSSR count). The molecule has 0 aromatic heterocycles. The lowest BCUT2D eigenvalue weighted by Gasteiger charge is -2.26. The summed E-state index contributed by atoms with van der Waals surface area (Å²) >= 11 is 0. The summed E-state index contributed by atoms with van der Waals surface area (Å²) in [6.07, 6.45) is 2.28. The predicted molar refractivity (Wildman–Crippen MR) is 227 cm³/mol. The molecule has 5 aromatic rings. The molecule has 0 spiro atoms. The number of rotatable bonds is 13. The third kappa shape index (κ3) is 9.27. The quantitative estimate of drug-likeness (QED) is 0.0664. The van der Waals surface area contributed by atoms with Gasteiger partial charge in [-0.3, -0.25) is 9.11 Å². The van der Waals surface area contributed by atoms with E-state index in [0.29, 0.717) is 62.2 Å².